The molecule has 0 saturated carbocycles. The van der Waals surface area contributed by atoms with E-state index in [2.05, 4.69) is 30.9 Å². The fraction of sp³-hybridized carbons (Fsp3) is 0.833. The average Bonchev–Trinajstić information content (AvgIpc) is 2.61. The first-order valence-electron chi connectivity index (χ1n) is 6.08. The van der Waals surface area contributed by atoms with Gasteiger partial charge in [-0.2, -0.15) is 4.98 Å². The van der Waals surface area contributed by atoms with E-state index in [4.69, 9.17) is 10.3 Å². The zero-order chi connectivity index (χ0) is 12.9. The molecule has 5 heteroatoms. The van der Waals surface area contributed by atoms with Gasteiger partial charge >= 0.3 is 0 Å². The van der Waals surface area contributed by atoms with E-state index in [0.717, 1.165) is 36.7 Å². The lowest BCUT2D eigenvalue weighted by Crippen LogP contribution is -2.14. The summed E-state index contributed by atoms with van der Waals surface area (Å²) in [6.45, 7) is 8.56. The molecule has 0 amide bonds. The zero-order valence-electron chi connectivity index (χ0n) is 11.2. The summed E-state index contributed by atoms with van der Waals surface area (Å²) in [6.07, 6.45) is 2.83. The van der Waals surface area contributed by atoms with Gasteiger partial charge < -0.3 is 10.3 Å². The minimum Gasteiger partial charge on any atom is -0.339 e. The minimum absolute atomic E-state index is 0.232. The Balaban J connectivity index is 2.32. The van der Waals surface area contributed by atoms with Crippen LogP contribution in [-0.2, 0) is 12.2 Å². The monoisotopic (exact) mass is 257 g/mol. The molecule has 0 aromatic carbocycles. The normalized spacial score (nSPS) is 13.9. The third kappa shape index (κ3) is 6.68. The van der Waals surface area contributed by atoms with Crippen molar-refractivity contribution in [3.05, 3.63) is 11.7 Å². The molecule has 98 valence electrons. The maximum absolute atomic E-state index is 5.69. The molecule has 1 aromatic rings. The third-order valence-electron chi connectivity index (χ3n) is 2.19. The summed E-state index contributed by atoms with van der Waals surface area (Å²) < 4.78 is 5.43. The number of hydrogen-bond acceptors (Lipinski definition) is 5. The maximum atomic E-state index is 5.69. The highest BCUT2D eigenvalue weighted by atomic mass is 32.2. The Hall–Kier alpha value is -0.550. The lowest BCUT2D eigenvalue weighted by Gasteiger charge is -2.15. The Morgan fingerprint density at radius 2 is 2.12 bits per heavy atom. The van der Waals surface area contributed by atoms with E-state index >= 15 is 0 Å². The number of hydrogen-bond donors (Lipinski definition) is 1. The Morgan fingerprint density at radius 3 is 2.71 bits per heavy atom. The van der Waals surface area contributed by atoms with Crippen molar-refractivity contribution in [3.63, 3.8) is 0 Å². The predicted octanol–water partition coefficient (Wildman–Crippen LogP) is 2.77. The van der Waals surface area contributed by atoms with Crippen LogP contribution >= 0.6 is 11.8 Å². The first-order chi connectivity index (χ1) is 7.87. The second-order valence-electron chi connectivity index (χ2n) is 5.37. The molecular weight excluding hydrogens is 234 g/mol. The molecule has 1 heterocycles. The predicted molar refractivity (Wildman–Crippen MR) is 71.9 cm³/mol. The van der Waals surface area contributed by atoms with Gasteiger partial charge in [0.15, 0.2) is 5.82 Å². The van der Waals surface area contributed by atoms with Gasteiger partial charge in [-0.3, -0.25) is 0 Å². The zero-order valence-corrected chi connectivity index (χ0v) is 12.0. The Labute approximate surface area is 108 Å². The van der Waals surface area contributed by atoms with Gasteiger partial charge in [0, 0.05) is 17.2 Å². The van der Waals surface area contributed by atoms with Crippen LogP contribution in [0.2, 0.25) is 0 Å². The van der Waals surface area contributed by atoms with Crippen molar-refractivity contribution in [2.75, 3.05) is 0 Å². The average molecular weight is 257 g/mol. The Bertz CT molecular complexity index is 331. The molecule has 0 aliphatic carbocycles. The molecule has 0 fully saturated rings. The largest absolute Gasteiger partial charge is 0.339 e. The minimum atomic E-state index is 0.232. The Kier molecular flexibility index (Phi) is 5.46. The summed E-state index contributed by atoms with van der Waals surface area (Å²) in [5.41, 5.74) is 5.69. The van der Waals surface area contributed by atoms with Gasteiger partial charge in [-0.1, -0.05) is 25.9 Å². The summed E-state index contributed by atoms with van der Waals surface area (Å²) in [5, 5.41) is 3.98. The molecule has 0 saturated heterocycles. The first kappa shape index (κ1) is 14.5. The highest BCUT2D eigenvalue weighted by molar-refractivity contribution is 7.99. The number of aryl methyl sites for hydroxylation is 1. The molecule has 17 heavy (non-hydrogen) atoms. The number of aromatic nitrogens is 2. The van der Waals surface area contributed by atoms with Gasteiger partial charge in [0.1, 0.15) is 0 Å². The van der Waals surface area contributed by atoms with Crippen molar-refractivity contribution < 1.29 is 4.52 Å². The maximum Gasteiger partial charge on any atom is 0.226 e. The van der Waals surface area contributed by atoms with E-state index in [0.29, 0.717) is 0 Å². The molecule has 0 radical (unpaired) electrons. The molecule has 1 atom stereocenters. The van der Waals surface area contributed by atoms with Crippen molar-refractivity contribution >= 4 is 11.8 Å². The molecule has 1 rings (SSSR count). The van der Waals surface area contributed by atoms with Crippen LogP contribution in [0.3, 0.4) is 0 Å². The van der Waals surface area contributed by atoms with Crippen LogP contribution in [0, 0.1) is 0 Å². The smallest absolute Gasteiger partial charge is 0.226 e. The molecule has 2 N–H and O–H groups in total. The first-order valence-corrected chi connectivity index (χ1v) is 7.06. The lowest BCUT2D eigenvalue weighted by molar-refractivity contribution is 0.369. The summed E-state index contributed by atoms with van der Waals surface area (Å²) in [4.78, 5) is 4.37. The van der Waals surface area contributed by atoms with Crippen molar-refractivity contribution in [1.29, 1.82) is 0 Å². The molecule has 0 aliphatic rings. The molecule has 0 spiro atoms. The molecule has 0 aliphatic heterocycles. The molecule has 1 aromatic heterocycles. The van der Waals surface area contributed by atoms with E-state index in [1.54, 1.807) is 0 Å². The van der Waals surface area contributed by atoms with E-state index < -0.39 is 0 Å². The van der Waals surface area contributed by atoms with Gasteiger partial charge in [-0.15, -0.1) is 11.8 Å². The summed E-state index contributed by atoms with van der Waals surface area (Å²) in [5.74, 6) is 2.33. The van der Waals surface area contributed by atoms with Crippen LogP contribution in [0.25, 0.3) is 0 Å². The molecule has 0 bridgehead atoms. The van der Waals surface area contributed by atoms with E-state index in [9.17, 15) is 0 Å². The van der Waals surface area contributed by atoms with Crippen LogP contribution in [0.15, 0.2) is 4.52 Å². The molecular formula is C12H23N3OS. The van der Waals surface area contributed by atoms with E-state index in [1.165, 1.54) is 0 Å². The lowest BCUT2D eigenvalue weighted by atomic mass is 10.1. The number of rotatable bonds is 6. The van der Waals surface area contributed by atoms with Crippen molar-refractivity contribution in [2.45, 2.75) is 63.5 Å². The summed E-state index contributed by atoms with van der Waals surface area (Å²) in [7, 11) is 0. The van der Waals surface area contributed by atoms with Crippen LogP contribution in [0.4, 0.5) is 0 Å². The summed E-state index contributed by atoms with van der Waals surface area (Å²) in [6, 6.07) is 0.244. The number of thioether (sulfide) groups is 1. The van der Waals surface area contributed by atoms with Crippen molar-refractivity contribution in [3.8, 4) is 0 Å². The number of nitrogens with zero attached hydrogens (tertiary/aromatic N) is 2. The van der Waals surface area contributed by atoms with E-state index in [-0.39, 0.29) is 10.8 Å². The van der Waals surface area contributed by atoms with Gasteiger partial charge in [0.2, 0.25) is 5.89 Å². The second-order valence-corrected chi connectivity index (χ2v) is 7.18. The van der Waals surface area contributed by atoms with Crippen molar-refractivity contribution in [2.24, 2.45) is 5.73 Å². The fourth-order valence-corrected chi connectivity index (χ4v) is 1.99. The van der Waals surface area contributed by atoms with Crippen LogP contribution in [0.5, 0.6) is 0 Å². The van der Waals surface area contributed by atoms with Gasteiger partial charge in [-0.25, -0.2) is 0 Å². The van der Waals surface area contributed by atoms with Crippen LogP contribution in [-0.4, -0.2) is 20.9 Å². The number of nitrogens with two attached hydrogens (primary N) is 1. The SMILES string of the molecule is CC(N)CCCc1nc(CSC(C)(C)C)no1. The topological polar surface area (TPSA) is 64.9 Å². The Morgan fingerprint density at radius 1 is 1.41 bits per heavy atom. The van der Waals surface area contributed by atoms with Crippen LogP contribution < -0.4 is 5.73 Å². The fourth-order valence-electron chi connectivity index (χ4n) is 1.31. The highest BCUT2D eigenvalue weighted by Gasteiger charge is 2.13. The van der Waals surface area contributed by atoms with Gasteiger partial charge in [0.25, 0.3) is 0 Å². The second kappa shape index (κ2) is 6.40. The van der Waals surface area contributed by atoms with Crippen LogP contribution in [0.1, 0.15) is 52.3 Å². The van der Waals surface area contributed by atoms with E-state index in [1.807, 2.05) is 18.7 Å². The standard InChI is InChI=1S/C12H23N3OS/c1-9(13)6-5-7-11-14-10(15-16-11)8-17-12(2,3)4/h9H,5-8,13H2,1-4H3. The van der Waals surface area contributed by atoms with Crippen molar-refractivity contribution in [1.82, 2.24) is 10.1 Å². The quantitative estimate of drug-likeness (QED) is 0.849. The van der Waals surface area contributed by atoms with Gasteiger partial charge in [0.05, 0.1) is 5.75 Å². The third-order valence-corrected chi connectivity index (χ3v) is 3.46. The summed E-state index contributed by atoms with van der Waals surface area (Å²) >= 11 is 1.82. The molecule has 1 unspecified atom stereocenters. The highest BCUT2D eigenvalue weighted by Crippen LogP contribution is 2.26. The van der Waals surface area contributed by atoms with Gasteiger partial charge in [-0.05, 0) is 19.8 Å². The molecule has 4 nitrogen and oxygen atoms in total.